The van der Waals surface area contributed by atoms with Gasteiger partial charge in [-0.2, -0.15) is 0 Å². The molecule has 0 heterocycles. The molecule has 0 fully saturated rings. The molecule has 23 heavy (non-hydrogen) atoms. The van der Waals surface area contributed by atoms with E-state index < -0.39 is 45.9 Å². The van der Waals surface area contributed by atoms with E-state index in [0.29, 0.717) is 0 Å². The maximum atomic E-state index is 8.74. The van der Waals surface area contributed by atoms with Crippen LogP contribution in [-0.4, -0.2) is 99.3 Å². The zero-order valence-corrected chi connectivity index (χ0v) is 18.2. The van der Waals surface area contributed by atoms with Crippen molar-refractivity contribution >= 4 is 45.9 Å². The molecule has 138 valence electrons. The van der Waals surface area contributed by atoms with E-state index in [2.05, 4.69) is 0 Å². The summed E-state index contributed by atoms with van der Waals surface area (Å²) < 4.78 is 43.7. The molecule has 0 saturated heterocycles. The van der Waals surface area contributed by atoms with E-state index in [-0.39, 0.29) is 42.6 Å². The van der Waals surface area contributed by atoms with E-state index in [0.717, 1.165) is 0 Å². The maximum Gasteiger partial charge on any atom is 0.761 e. The summed E-state index contributed by atoms with van der Waals surface area (Å²) in [5.41, 5.74) is 0. The molecule has 0 bridgehead atoms. The minimum Gasteiger partial charge on any atom is -0.511 e. The van der Waals surface area contributed by atoms with Crippen molar-refractivity contribution in [1.29, 1.82) is 0 Å². The van der Waals surface area contributed by atoms with Crippen LogP contribution in [-0.2, 0) is 59.4 Å². The first-order chi connectivity index (χ1) is 8.66. The Balaban J connectivity index is -0.0000000197. The van der Waals surface area contributed by atoms with E-state index in [9.17, 15) is 0 Å². The van der Waals surface area contributed by atoms with Crippen LogP contribution in [0, 0.1) is 0 Å². The Morgan fingerprint density at radius 3 is 0.348 bits per heavy atom. The third-order valence-electron chi connectivity index (χ3n) is 0. The third kappa shape index (κ3) is 12700. The van der Waals surface area contributed by atoms with Crippen LogP contribution in [0.15, 0.2) is 0 Å². The maximum absolute atomic E-state index is 8.74. The molecule has 0 aliphatic carbocycles. The molecule has 0 aromatic carbocycles. The Kier molecular flexibility index (Phi) is 92.3. The quantitative estimate of drug-likeness (QED) is 0.135. The van der Waals surface area contributed by atoms with Gasteiger partial charge in [-0.15, -0.1) is 0 Å². The number of hydrogen-bond acceptors (Lipinski definition) is 5. The molecule has 2 radical (unpaired) electrons. The number of hydrogen-bond donors (Lipinski definition) is 10. The van der Waals surface area contributed by atoms with E-state index in [1.807, 2.05) is 0 Å². The minimum absolute atomic E-state index is 0. The first kappa shape index (κ1) is 49.5. The molecule has 0 saturated carbocycles. The second-order valence-corrected chi connectivity index (χ2v) is 4.24. The van der Waals surface area contributed by atoms with E-state index >= 15 is 0 Å². The van der Waals surface area contributed by atoms with Gasteiger partial charge in [0.1, 0.15) is 0 Å². The van der Waals surface area contributed by atoms with Gasteiger partial charge in [-0.05, 0) is 0 Å². The van der Waals surface area contributed by atoms with Crippen LogP contribution in [0.4, 0.5) is 0 Å². The van der Waals surface area contributed by atoms with Crippen molar-refractivity contribution in [3.8, 4) is 0 Å². The predicted molar refractivity (Wildman–Crippen MR) is 58.0 cm³/mol. The largest absolute Gasteiger partial charge is 0.761 e. The van der Waals surface area contributed by atoms with Crippen molar-refractivity contribution in [2.75, 3.05) is 0 Å². The third-order valence-corrected chi connectivity index (χ3v) is 0. The van der Waals surface area contributed by atoms with Crippen LogP contribution in [0.5, 0.6) is 0 Å². The van der Waals surface area contributed by atoms with Gasteiger partial charge in [0.05, 0.1) is 0 Å². The second-order valence-electron chi connectivity index (χ2n) is 1.41. The summed E-state index contributed by atoms with van der Waals surface area (Å²) in [6.45, 7) is 0. The molecule has 23 heteroatoms. The summed E-state index contributed by atoms with van der Waals surface area (Å²) in [6, 6.07) is 0. The van der Waals surface area contributed by atoms with Crippen LogP contribution in [0.1, 0.15) is 0 Å². The summed E-state index contributed by atoms with van der Waals surface area (Å²) in [4.78, 5) is 71.6. The van der Waals surface area contributed by atoms with Crippen LogP contribution >= 0.6 is 0 Å². The van der Waals surface area contributed by atoms with Gasteiger partial charge in [0, 0.05) is 37.1 Å². The van der Waals surface area contributed by atoms with Gasteiger partial charge in [0.15, 0.2) is 0 Å². The standard InChI is InChI=1S/5H2O3Si.H2O.2V/c5*1-4(2)3;;;/h5*1-2H;1H2;;. The fraction of sp³-hybridized carbons (Fsp3) is 0. The summed E-state index contributed by atoms with van der Waals surface area (Å²) in [6.07, 6.45) is 0. The molecule has 0 aliphatic rings. The van der Waals surface area contributed by atoms with Crippen molar-refractivity contribution in [2.45, 2.75) is 0 Å². The summed E-state index contributed by atoms with van der Waals surface area (Å²) >= 11 is 0. The fourth-order valence-electron chi connectivity index (χ4n) is 0. The van der Waals surface area contributed by atoms with Gasteiger partial charge < -0.3 is 53.4 Å². The summed E-state index contributed by atoms with van der Waals surface area (Å²) in [5.74, 6) is 0. The van der Waals surface area contributed by atoms with Crippen molar-refractivity contribution in [3.63, 3.8) is 0 Å². The topological polar surface area (TPSA) is 319 Å². The summed E-state index contributed by atoms with van der Waals surface area (Å²) in [5, 5.41) is 0. The van der Waals surface area contributed by atoms with Crippen molar-refractivity contribution in [3.05, 3.63) is 0 Å². The van der Waals surface area contributed by atoms with Crippen molar-refractivity contribution in [1.82, 2.24) is 0 Å². The number of rotatable bonds is 0. The van der Waals surface area contributed by atoms with E-state index in [4.69, 9.17) is 70.3 Å². The Morgan fingerprint density at radius 1 is 0.348 bits per heavy atom. The van der Waals surface area contributed by atoms with Gasteiger partial charge in [0.25, 0.3) is 0 Å². The molecule has 0 unspecified atom stereocenters. The van der Waals surface area contributed by atoms with Crippen molar-refractivity contribution < 1.29 is 113 Å². The Bertz CT molecular complexity index is 211. The van der Waals surface area contributed by atoms with E-state index in [1.54, 1.807) is 0 Å². The van der Waals surface area contributed by atoms with Crippen LogP contribution in [0.25, 0.3) is 0 Å². The fourth-order valence-corrected chi connectivity index (χ4v) is 0. The SMILES string of the molecule is O.O=[Si](O)O.O=[Si](O)O.O=[Si](O)O.O=[Si](O)O.O=[Si](O)O.[V].[V]. The molecular formula is H12O16Si5V2. The molecule has 0 rings (SSSR count). The molecule has 0 amide bonds. The monoisotopic (exact) mass is 510 g/mol. The average Bonchev–Trinajstić information content (AvgIpc) is 1.94. The van der Waals surface area contributed by atoms with Gasteiger partial charge in [-0.1, -0.05) is 0 Å². The molecular weight excluding hydrogens is 498 g/mol. The molecule has 0 atom stereocenters. The first-order valence-electron chi connectivity index (χ1n) is 3.26. The predicted octanol–water partition coefficient (Wildman–Crippen LogP) is -8.90. The zero-order chi connectivity index (χ0) is 17.9. The molecule has 0 spiro atoms. The van der Waals surface area contributed by atoms with Gasteiger partial charge >= 0.3 is 45.9 Å². The molecule has 0 aromatic rings. The second kappa shape index (κ2) is 42.9. The zero-order valence-electron chi connectivity index (χ0n) is 10.4. The normalized spacial score (nSPS) is 5.22. The Hall–Kier alpha value is -0.787. The minimum atomic E-state index is -3.13. The Morgan fingerprint density at radius 2 is 0.348 bits per heavy atom. The van der Waals surface area contributed by atoms with Gasteiger partial charge in [-0.3, -0.25) is 22.3 Å². The van der Waals surface area contributed by atoms with E-state index in [1.165, 1.54) is 0 Å². The van der Waals surface area contributed by atoms with Crippen LogP contribution < -0.4 is 0 Å². The molecule has 0 aromatic heterocycles. The van der Waals surface area contributed by atoms with Crippen molar-refractivity contribution in [2.24, 2.45) is 0 Å². The molecule has 0 aliphatic heterocycles. The summed E-state index contributed by atoms with van der Waals surface area (Å²) in [7, 11) is -15.6. The first-order valence-corrected chi connectivity index (χ1v) is 9.77. The smallest absolute Gasteiger partial charge is 0.511 e. The van der Waals surface area contributed by atoms with Crippen LogP contribution in [0.2, 0.25) is 0 Å². The van der Waals surface area contributed by atoms with Gasteiger partial charge in [-0.25, -0.2) is 0 Å². The molecule has 16 nitrogen and oxygen atoms in total. The van der Waals surface area contributed by atoms with Gasteiger partial charge in [0.2, 0.25) is 0 Å². The van der Waals surface area contributed by atoms with Crippen LogP contribution in [0.3, 0.4) is 0 Å². The average molecular weight is 510 g/mol. The Labute approximate surface area is 158 Å². The molecule has 12 N–H and O–H groups in total.